The molecule has 0 saturated carbocycles. The fraction of sp³-hybridized carbons (Fsp3) is 0.222. The molecule has 0 bridgehead atoms. The first-order chi connectivity index (χ1) is 12.5. The number of carboxylic acid groups (broad SMARTS) is 1. The third kappa shape index (κ3) is 5.27. The van der Waals surface area contributed by atoms with Gasteiger partial charge in [-0.2, -0.15) is 5.10 Å². The Balaban J connectivity index is 0.00000117. The molecule has 2 N–H and O–H groups in total. The average Bonchev–Trinajstić information content (AvgIpc) is 3.30. The van der Waals surface area contributed by atoms with Crippen LogP contribution in [0.3, 0.4) is 0 Å². The van der Waals surface area contributed by atoms with Gasteiger partial charge in [-0.05, 0) is 42.0 Å². The molecule has 0 saturated heterocycles. The third-order valence-corrected chi connectivity index (χ3v) is 5.44. The van der Waals surface area contributed by atoms with Crippen LogP contribution >= 0.6 is 34.7 Å². The minimum Gasteiger partial charge on any atom is -0.497 e. The molecule has 0 aliphatic rings. The maximum Gasteiger partial charge on any atom is 0.313 e. The van der Waals surface area contributed by atoms with E-state index in [-0.39, 0.29) is 5.75 Å². The van der Waals surface area contributed by atoms with Crippen LogP contribution in [-0.4, -0.2) is 34.1 Å². The predicted octanol–water partition coefficient (Wildman–Crippen LogP) is 5.67. The Morgan fingerprint density at radius 3 is 2.69 bits per heavy atom. The van der Waals surface area contributed by atoms with Crippen LogP contribution in [0, 0.1) is 0 Å². The largest absolute Gasteiger partial charge is 0.497 e. The number of aromatic amines is 1. The van der Waals surface area contributed by atoms with E-state index in [9.17, 15) is 4.79 Å². The lowest BCUT2D eigenvalue weighted by molar-refractivity contribution is -0.133. The molecular weight excluding hydrogens is 392 g/mol. The molecule has 1 aromatic carbocycles. The monoisotopic (exact) mass is 410 g/mol. The average molecular weight is 411 g/mol. The summed E-state index contributed by atoms with van der Waals surface area (Å²) >= 11 is 8.90. The fourth-order valence-electron chi connectivity index (χ4n) is 2.10. The van der Waals surface area contributed by atoms with Crippen molar-refractivity contribution in [3.05, 3.63) is 41.4 Å². The van der Waals surface area contributed by atoms with Crippen molar-refractivity contribution in [2.75, 3.05) is 12.9 Å². The highest BCUT2D eigenvalue weighted by molar-refractivity contribution is 7.99. The van der Waals surface area contributed by atoms with Gasteiger partial charge < -0.3 is 9.84 Å². The molecule has 0 radical (unpaired) electrons. The van der Waals surface area contributed by atoms with E-state index in [1.165, 1.54) is 11.8 Å². The van der Waals surface area contributed by atoms with Crippen LogP contribution in [0.5, 0.6) is 5.75 Å². The number of benzene rings is 1. The number of nitrogens with zero attached hydrogens (tertiary/aromatic N) is 1. The lowest BCUT2D eigenvalue weighted by atomic mass is 10.2. The third-order valence-electron chi connectivity index (χ3n) is 3.16. The van der Waals surface area contributed by atoms with Gasteiger partial charge in [0.2, 0.25) is 0 Å². The molecule has 5 nitrogen and oxygen atoms in total. The lowest BCUT2D eigenvalue weighted by Crippen LogP contribution is -1.97. The van der Waals surface area contributed by atoms with Gasteiger partial charge in [0.1, 0.15) is 10.8 Å². The van der Waals surface area contributed by atoms with Gasteiger partial charge in [0.25, 0.3) is 0 Å². The summed E-state index contributed by atoms with van der Waals surface area (Å²) in [4.78, 5) is 12.7. The second-order valence-electron chi connectivity index (χ2n) is 4.85. The molecule has 0 amide bonds. The van der Waals surface area contributed by atoms with Crippen molar-refractivity contribution in [1.82, 2.24) is 10.2 Å². The standard InChI is InChI=1S/C16H13ClN2O3S2.C2H6/c1-22-11-5-9(4-10(17)6-11)13-2-3-14(24-13)12-7-15(19-18-12)23-8-16(20)21;1-2/h2-7H,8H2,1H3,(H,18,19)(H,20,21);1-2H3. The molecule has 2 heterocycles. The van der Waals surface area contributed by atoms with Gasteiger partial charge in [-0.25, -0.2) is 0 Å². The highest BCUT2D eigenvalue weighted by Crippen LogP contribution is 2.37. The summed E-state index contributed by atoms with van der Waals surface area (Å²) in [5.74, 6) is -0.165. The molecule has 0 spiro atoms. The summed E-state index contributed by atoms with van der Waals surface area (Å²) < 4.78 is 5.25. The van der Waals surface area contributed by atoms with Gasteiger partial charge in [-0.1, -0.05) is 37.2 Å². The highest BCUT2D eigenvalue weighted by atomic mass is 35.5. The number of aromatic nitrogens is 2. The van der Waals surface area contributed by atoms with E-state index in [4.69, 9.17) is 21.4 Å². The number of methoxy groups -OCH3 is 1. The Kier molecular flexibility index (Phi) is 7.56. The summed E-state index contributed by atoms with van der Waals surface area (Å²) in [6.45, 7) is 4.00. The van der Waals surface area contributed by atoms with Crippen molar-refractivity contribution < 1.29 is 14.6 Å². The number of thiophene rings is 1. The van der Waals surface area contributed by atoms with E-state index in [1.807, 2.05) is 44.2 Å². The first kappa shape index (κ1) is 20.4. The van der Waals surface area contributed by atoms with Gasteiger partial charge >= 0.3 is 5.97 Å². The molecule has 2 aromatic heterocycles. The number of thioether (sulfide) groups is 1. The van der Waals surface area contributed by atoms with Crippen molar-refractivity contribution in [2.24, 2.45) is 0 Å². The maximum absolute atomic E-state index is 10.6. The molecule has 0 unspecified atom stereocenters. The summed E-state index contributed by atoms with van der Waals surface area (Å²) in [6.07, 6.45) is 0. The van der Waals surface area contributed by atoms with E-state index < -0.39 is 5.97 Å². The fourth-order valence-corrected chi connectivity index (χ4v) is 3.87. The van der Waals surface area contributed by atoms with E-state index in [1.54, 1.807) is 24.5 Å². The minimum absolute atomic E-state index is 0.0116. The molecule has 26 heavy (non-hydrogen) atoms. The molecule has 138 valence electrons. The van der Waals surface area contributed by atoms with E-state index in [0.29, 0.717) is 15.8 Å². The molecule has 0 aliphatic carbocycles. The summed E-state index contributed by atoms with van der Waals surface area (Å²) in [5.41, 5.74) is 1.84. The van der Waals surface area contributed by atoms with Crippen molar-refractivity contribution in [3.8, 4) is 26.8 Å². The van der Waals surface area contributed by atoms with E-state index in [2.05, 4.69) is 10.2 Å². The SMILES string of the molecule is CC.COc1cc(Cl)cc(-c2ccc(-c3cc(SCC(=O)O)n[nH]3)s2)c1. The Bertz CT molecular complexity index is 877. The second-order valence-corrected chi connectivity index (χ2v) is 7.36. The number of carboxylic acids is 1. The van der Waals surface area contributed by atoms with Crippen LogP contribution < -0.4 is 4.74 Å². The van der Waals surface area contributed by atoms with Crippen molar-refractivity contribution >= 4 is 40.7 Å². The molecular formula is C18H19ClN2O3S2. The Morgan fingerprint density at radius 1 is 1.27 bits per heavy atom. The molecule has 3 rings (SSSR count). The van der Waals surface area contributed by atoms with Crippen LogP contribution in [0.25, 0.3) is 21.0 Å². The zero-order valence-electron chi connectivity index (χ0n) is 14.6. The van der Waals surface area contributed by atoms with Crippen molar-refractivity contribution in [2.45, 2.75) is 18.9 Å². The number of H-pyrrole nitrogens is 1. The highest BCUT2D eigenvalue weighted by Gasteiger charge is 2.11. The smallest absolute Gasteiger partial charge is 0.313 e. The zero-order valence-corrected chi connectivity index (χ0v) is 17.0. The maximum atomic E-state index is 10.6. The van der Waals surface area contributed by atoms with Crippen LogP contribution in [0.1, 0.15) is 13.8 Å². The number of nitrogens with one attached hydrogen (secondary N) is 1. The number of ether oxygens (including phenoxy) is 1. The van der Waals surface area contributed by atoms with Gasteiger partial charge in [-0.3, -0.25) is 9.89 Å². The van der Waals surface area contributed by atoms with Crippen LogP contribution in [0.2, 0.25) is 5.02 Å². The van der Waals surface area contributed by atoms with Crippen LogP contribution in [0.15, 0.2) is 41.4 Å². The molecule has 8 heteroatoms. The van der Waals surface area contributed by atoms with Crippen LogP contribution in [-0.2, 0) is 4.79 Å². The lowest BCUT2D eigenvalue weighted by Gasteiger charge is -2.04. The normalized spacial score (nSPS) is 10.2. The topological polar surface area (TPSA) is 75.2 Å². The summed E-state index contributed by atoms with van der Waals surface area (Å²) in [5, 5.41) is 17.1. The molecule has 0 aliphatic heterocycles. The number of rotatable bonds is 6. The number of aliphatic carboxylic acids is 1. The Hall–Kier alpha value is -1.96. The minimum atomic E-state index is -0.863. The van der Waals surface area contributed by atoms with E-state index in [0.717, 1.165) is 21.0 Å². The van der Waals surface area contributed by atoms with Crippen LogP contribution in [0.4, 0.5) is 0 Å². The van der Waals surface area contributed by atoms with Crippen molar-refractivity contribution in [3.63, 3.8) is 0 Å². The molecule has 0 fully saturated rings. The Labute approximate surface area is 165 Å². The first-order valence-corrected chi connectivity index (χ1v) is 10.1. The first-order valence-electron chi connectivity index (χ1n) is 7.90. The number of carbonyl (C=O) groups is 1. The zero-order chi connectivity index (χ0) is 19.1. The van der Waals surface area contributed by atoms with Gasteiger partial charge in [0.05, 0.1) is 23.4 Å². The van der Waals surface area contributed by atoms with Gasteiger partial charge in [0, 0.05) is 9.90 Å². The number of hydrogen-bond donors (Lipinski definition) is 2. The summed E-state index contributed by atoms with van der Waals surface area (Å²) in [7, 11) is 1.61. The van der Waals surface area contributed by atoms with E-state index >= 15 is 0 Å². The predicted molar refractivity (Wildman–Crippen MR) is 109 cm³/mol. The quantitative estimate of drug-likeness (QED) is 0.512. The Morgan fingerprint density at radius 2 is 2.00 bits per heavy atom. The summed E-state index contributed by atoms with van der Waals surface area (Å²) in [6, 6.07) is 11.4. The number of hydrogen-bond acceptors (Lipinski definition) is 5. The van der Waals surface area contributed by atoms with Gasteiger partial charge in [0.15, 0.2) is 0 Å². The molecule has 0 atom stereocenters. The second kappa shape index (κ2) is 9.66. The molecule has 3 aromatic rings. The van der Waals surface area contributed by atoms with Crippen molar-refractivity contribution in [1.29, 1.82) is 0 Å². The number of halogens is 1. The van der Waals surface area contributed by atoms with Gasteiger partial charge in [-0.15, -0.1) is 11.3 Å².